The van der Waals surface area contributed by atoms with Gasteiger partial charge >= 0.3 is 0 Å². The molecule has 1 aromatic heterocycles. The van der Waals surface area contributed by atoms with Crippen molar-refractivity contribution in [3.8, 4) is 0 Å². The van der Waals surface area contributed by atoms with Crippen LogP contribution in [0.5, 0.6) is 0 Å². The van der Waals surface area contributed by atoms with Gasteiger partial charge in [0, 0.05) is 25.1 Å². The molecule has 110 valence electrons. The number of rotatable bonds is 5. The summed E-state index contributed by atoms with van der Waals surface area (Å²) in [5.74, 6) is 0.605. The molecule has 2 fully saturated rings. The fourth-order valence-corrected chi connectivity index (χ4v) is 3.41. The predicted octanol–water partition coefficient (Wildman–Crippen LogP) is 0.176. The Morgan fingerprint density at radius 3 is 3.15 bits per heavy atom. The predicted molar refractivity (Wildman–Crippen MR) is 74.2 cm³/mol. The Morgan fingerprint density at radius 2 is 2.45 bits per heavy atom. The standard InChI is InChI=1S/C14H22N4O2/c1-18(2)13-12(10-5-6-20-14(10)13)17-11(19)4-3-9-7-15-16-8-9/h7-8,10,12-14H,3-6H2,1-2H3,(H,15,16)(H,17,19)/t10-,12+,13-,14-/m1/s1. The first-order valence-electron chi connectivity index (χ1n) is 7.22. The number of amides is 1. The molecule has 1 aliphatic heterocycles. The van der Waals surface area contributed by atoms with E-state index in [2.05, 4.69) is 20.4 Å². The molecular weight excluding hydrogens is 256 g/mol. The molecule has 1 amide bonds. The third kappa shape index (κ3) is 2.45. The number of likely N-dealkylation sites (N-methyl/N-ethyl adjacent to an activating group) is 1. The van der Waals surface area contributed by atoms with Gasteiger partial charge in [-0.1, -0.05) is 0 Å². The maximum atomic E-state index is 12.1. The van der Waals surface area contributed by atoms with Gasteiger partial charge in [-0.05, 0) is 32.5 Å². The van der Waals surface area contributed by atoms with Gasteiger partial charge < -0.3 is 15.0 Å². The van der Waals surface area contributed by atoms with E-state index in [1.165, 1.54) is 0 Å². The van der Waals surface area contributed by atoms with Gasteiger partial charge in [0.05, 0.1) is 24.4 Å². The molecule has 1 aromatic rings. The number of hydrogen-bond acceptors (Lipinski definition) is 4. The molecule has 3 rings (SSSR count). The van der Waals surface area contributed by atoms with Crippen molar-refractivity contribution in [2.24, 2.45) is 5.92 Å². The van der Waals surface area contributed by atoms with Crippen LogP contribution in [-0.4, -0.2) is 59.9 Å². The van der Waals surface area contributed by atoms with Crippen LogP contribution in [0.3, 0.4) is 0 Å². The molecule has 2 aliphatic rings. The van der Waals surface area contributed by atoms with Crippen LogP contribution in [0, 0.1) is 5.92 Å². The molecule has 1 saturated heterocycles. The average Bonchev–Trinajstić information content (AvgIpc) is 3.02. The Balaban J connectivity index is 1.52. The van der Waals surface area contributed by atoms with Gasteiger partial charge in [0.15, 0.2) is 0 Å². The summed E-state index contributed by atoms with van der Waals surface area (Å²) in [6.07, 6.45) is 6.19. The van der Waals surface area contributed by atoms with Gasteiger partial charge in [-0.25, -0.2) is 0 Å². The zero-order valence-electron chi connectivity index (χ0n) is 12.0. The number of aromatic nitrogens is 2. The Morgan fingerprint density at radius 1 is 1.60 bits per heavy atom. The van der Waals surface area contributed by atoms with Gasteiger partial charge in [0.2, 0.25) is 5.91 Å². The van der Waals surface area contributed by atoms with E-state index in [1.54, 1.807) is 6.20 Å². The lowest BCUT2D eigenvalue weighted by molar-refractivity contribution is -0.128. The molecular formula is C14H22N4O2. The minimum atomic E-state index is 0.119. The quantitative estimate of drug-likeness (QED) is 0.806. The number of aromatic amines is 1. The van der Waals surface area contributed by atoms with Gasteiger partial charge in [-0.2, -0.15) is 5.10 Å². The molecule has 4 atom stereocenters. The van der Waals surface area contributed by atoms with E-state index >= 15 is 0 Å². The highest BCUT2D eigenvalue weighted by atomic mass is 16.5. The molecule has 6 nitrogen and oxygen atoms in total. The summed E-state index contributed by atoms with van der Waals surface area (Å²) in [4.78, 5) is 14.3. The van der Waals surface area contributed by atoms with E-state index < -0.39 is 0 Å². The number of aryl methyl sites for hydroxylation is 1. The van der Waals surface area contributed by atoms with E-state index in [0.29, 0.717) is 24.5 Å². The zero-order chi connectivity index (χ0) is 14.1. The Bertz CT molecular complexity index is 460. The van der Waals surface area contributed by atoms with Crippen molar-refractivity contribution in [1.29, 1.82) is 0 Å². The van der Waals surface area contributed by atoms with Crippen molar-refractivity contribution in [3.05, 3.63) is 18.0 Å². The van der Waals surface area contributed by atoms with Crippen molar-refractivity contribution in [3.63, 3.8) is 0 Å². The summed E-state index contributed by atoms with van der Waals surface area (Å²) >= 11 is 0. The van der Waals surface area contributed by atoms with Crippen LogP contribution in [0.2, 0.25) is 0 Å². The molecule has 1 aliphatic carbocycles. The normalized spacial score (nSPS) is 31.9. The maximum Gasteiger partial charge on any atom is 0.220 e. The maximum absolute atomic E-state index is 12.1. The molecule has 2 N–H and O–H groups in total. The average molecular weight is 278 g/mol. The van der Waals surface area contributed by atoms with Crippen LogP contribution < -0.4 is 5.32 Å². The van der Waals surface area contributed by atoms with Crippen molar-refractivity contribution in [1.82, 2.24) is 20.4 Å². The minimum absolute atomic E-state index is 0.119. The smallest absolute Gasteiger partial charge is 0.220 e. The van der Waals surface area contributed by atoms with E-state index in [-0.39, 0.29) is 11.9 Å². The molecule has 0 unspecified atom stereocenters. The first-order valence-corrected chi connectivity index (χ1v) is 7.22. The third-order valence-electron chi connectivity index (χ3n) is 4.47. The topological polar surface area (TPSA) is 70.2 Å². The Hall–Kier alpha value is -1.40. The van der Waals surface area contributed by atoms with E-state index in [4.69, 9.17) is 4.74 Å². The minimum Gasteiger partial charge on any atom is -0.376 e. The molecule has 6 heteroatoms. The first kappa shape index (κ1) is 13.6. The number of carbonyl (C=O) groups excluding carboxylic acids is 1. The number of ether oxygens (including phenoxy) is 1. The summed E-state index contributed by atoms with van der Waals surface area (Å²) in [6.45, 7) is 0.820. The fraction of sp³-hybridized carbons (Fsp3) is 0.714. The monoisotopic (exact) mass is 278 g/mol. The zero-order valence-corrected chi connectivity index (χ0v) is 12.0. The van der Waals surface area contributed by atoms with Crippen LogP contribution in [0.1, 0.15) is 18.4 Å². The van der Waals surface area contributed by atoms with E-state index in [0.717, 1.165) is 25.0 Å². The van der Waals surface area contributed by atoms with Gasteiger partial charge in [0.25, 0.3) is 0 Å². The highest BCUT2D eigenvalue weighted by Crippen LogP contribution is 2.41. The summed E-state index contributed by atoms with van der Waals surface area (Å²) in [5.41, 5.74) is 1.07. The van der Waals surface area contributed by atoms with Gasteiger partial charge in [-0.15, -0.1) is 0 Å². The Labute approximate surface area is 118 Å². The second kappa shape index (κ2) is 5.54. The lowest BCUT2D eigenvalue weighted by Crippen LogP contribution is -2.69. The molecule has 0 spiro atoms. The highest BCUT2D eigenvalue weighted by molar-refractivity contribution is 5.76. The van der Waals surface area contributed by atoms with Crippen LogP contribution >= 0.6 is 0 Å². The fourth-order valence-electron chi connectivity index (χ4n) is 3.41. The molecule has 0 radical (unpaired) electrons. The molecule has 0 aromatic carbocycles. The van der Waals surface area contributed by atoms with Crippen LogP contribution in [0.4, 0.5) is 0 Å². The van der Waals surface area contributed by atoms with Crippen molar-refractivity contribution in [2.45, 2.75) is 37.5 Å². The first-order chi connectivity index (χ1) is 9.66. The number of H-pyrrole nitrogens is 1. The van der Waals surface area contributed by atoms with Gasteiger partial charge in [0.1, 0.15) is 0 Å². The number of nitrogens with one attached hydrogen (secondary N) is 2. The van der Waals surface area contributed by atoms with E-state index in [1.807, 2.05) is 20.3 Å². The number of nitrogens with zero attached hydrogens (tertiary/aromatic N) is 2. The summed E-state index contributed by atoms with van der Waals surface area (Å²) in [5, 5.41) is 9.84. The summed E-state index contributed by atoms with van der Waals surface area (Å²) in [7, 11) is 4.10. The van der Waals surface area contributed by atoms with E-state index in [9.17, 15) is 4.79 Å². The van der Waals surface area contributed by atoms with Crippen LogP contribution in [0.15, 0.2) is 12.4 Å². The highest BCUT2D eigenvalue weighted by Gasteiger charge is 2.55. The number of hydrogen-bond donors (Lipinski definition) is 2. The largest absolute Gasteiger partial charge is 0.376 e. The number of fused-ring (bicyclic) bond motifs is 1. The molecule has 0 bridgehead atoms. The second-order valence-electron chi connectivity index (χ2n) is 5.94. The molecule has 2 heterocycles. The van der Waals surface area contributed by atoms with Crippen LogP contribution in [-0.2, 0) is 16.0 Å². The van der Waals surface area contributed by atoms with Gasteiger partial charge in [-0.3, -0.25) is 9.89 Å². The summed E-state index contributed by atoms with van der Waals surface area (Å²) < 4.78 is 5.75. The lowest BCUT2D eigenvalue weighted by Gasteiger charge is -2.50. The van der Waals surface area contributed by atoms with Crippen molar-refractivity contribution >= 4 is 5.91 Å². The number of carbonyl (C=O) groups is 1. The SMILES string of the molecule is CN(C)[C@@H]1[C@@H](NC(=O)CCc2cn[nH]c2)[C@H]2CCO[C@H]21. The second-order valence-corrected chi connectivity index (χ2v) is 5.94. The summed E-state index contributed by atoms with van der Waals surface area (Å²) in [6, 6.07) is 0.537. The Kier molecular flexibility index (Phi) is 3.76. The lowest BCUT2D eigenvalue weighted by atomic mass is 9.71. The third-order valence-corrected chi connectivity index (χ3v) is 4.47. The van der Waals surface area contributed by atoms with Crippen molar-refractivity contribution in [2.75, 3.05) is 20.7 Å². The van der Waals surface area contributed by atoms with Crippen molar-refractivity contribution < 1.29 is 9.53 Å². The molecule has 1 saturated carbocycles. The van der Waals surface area contributed by atoms with Crippen LogP contribution in [0.25, 0.3) is 0 Å². The molecule has 20 heavy (non-hydrogen) atoms.